The number of hydrogen-bond acceptors (Lipinski definition) is 3. The van der Waals surface area contributed by atoms with Crippen LogP contribution in [-0.2, 0) is 13.0 Å². The lowest BCUT2D eigenvalue weighted by Crippen LogP contribution is -2.34. The summed E-state index contributed by atoms with van der Waals surface area (Å²) in [5.74, 6) is 0.591. The SMILES string of the molecule is Br.Oc1ccc2c(c1O)CC[C@@H]1[C@H]2CCN1Cc1ccccc1. The minimum atomic E-state index is 0. The van der Waals surface area contributed by atoms with E-state index in [0.29, 0.717) is 12.0 Å². The van der Waals surface area contributed by atoms with Gasteiger partial charge in [0.15, 0.2) is 11.5 Å². The highest BCUT2D eigenvalue weighted by Crippen LogP contribution is 2.46. The number of likely N-dealkylation sites (tertiary alicyclic amines) is 1. The van der Waals surface area contributed by atoms with Crippen molar-refractivity contribution in [3.05, 3.63) is 59.2 Å². The molecule has 4 heteroatoms. The van der Waals surface area contributed by atoms with Crippen LogP contribution >= 0.6 is 17.0 Å². The fraction of sp³-hybridized carbons (Fsp3) is 0.368. The molecule has 3 nitrogen and oxygen atoms in total. The lowest BCUT2D eigenvalue weighted by molar-refractivity contribution is 0.218. The molecule has 1 fully saturated rings. The van der Waals surface area contributed by atoms with Crippen molar-refractivity contribution in [1.29, 1.82) is 0 Å². The molecule has 0 spiro atoms. The minimum Gasteiger partial charge on any atom is -0.504 e. The fourth-order valence-corrected chi connectivity index (χ4v) is 4.22. The maximum absolute atomic E-state index is 10.1. The zero-order chi connectivity index (χ0) is 15.1. The molecular formula is C19H22BrNO2. The highest BCUT2D eigenvalue weighted by molar-refractivity contribution is 8.93. The number of phenolic OH excluding ortho intramolecular Hbond substituents is 2. The van der Waals surface area contributed by atoms with Gasteiger partial charge in [0.25, 0.3) is 0 Å². The first kappa shape index (κ1) is 16.3. The Hall–Kier alpha value is -1.52. The average molecular weight is 376 g/mol. The standard InChI is InChI=1S/C19H21NO2.BrH/c21-18-9-7-14-15-10-11-20(12-13-4-2-1-3-5-13)17(15)8-6-16(14)19(18)22;/h1-5,7,9,15,17,21-22H,6,8,10-12H2;1H/t15-,17+;/m0./s1. The molecule has 2 aliphatic rings. The summed E-state index contributed by atoms with van der Waals surface area (Å²) in [7, 11) is 0. The van der Waals surface area contributed by atoms with Gasteiger partial charge in [0.2, 0.25) is 0 Å². The van der Waals surface area contributed by atoms with Crippen LogP contribution in [0.2, 0.25) is 0 Å². The van der Waals surface area contributed by atoms with Gasteiger partial charge >= 0.3 is 0 Å². The maximum Gasteiger partial charge on any atom is 0.160 e. The Kier molecular flexibility index (Phi) is 4.64. The molecule has 1 saturated heterocycles. The number of phenols is 2. The molecule has 1 aliphatic heterocycles. The Morgan fingerprint density at radius 3 is 2.57 bits per heavy atom. The Morgan fingerprint density at radius 1 is 1.00 bits per heavy atom. The number of nitrogens with zero attached hydrogens (tertiary/aromatic N) is 1. The van der Waals surface area contributed by atoms with Crippen molar-refractivity contribution in [2.45, 2.75) is 37.8 Å². The van der Waals surface area contributed by atoms with Gasteiger partial charge in [-0.05, 0) is 43.0 Å². The predicted octanol–water partition coefficient (Wildman–Crippen LogP) is 3.98. The lowest BCUT2D eigenvalue weighted by atomic mass is 9.79. The summed E-state index contributed by atoms with van der Waals surface area (Å²) in [6.45, 7) is 2.10. The van der Waals surface area contributed by atoms with Crippen molar-refractivity contribution in [1.82, 2.24) is 4.90 Å². The number of halogens is 1. The Labute approximate surface area is 147 Å². The van der Waals surface area contributed by atoms with Gasteiger partial charge in [0, 0.05) is 24.1 Å². The van der Waals surface area contributed by atoms with Gasteiger partial charge in [-0.15, -0.1) is 17.0 Å². The van der Waals surface area contributed by atoms with Crippen LogP contribution in [0.4, 0.5) is 0 Å². The summed E-state index contributed by atoms with van der Waals surface area (Å²) in [6, 6.07) is 14.8. The second kappa shape index (κ2) is 6.54. The third kappa shape index (κ3) is 2.86. The van der Waals surface area contributed by atoms with Crippen molar-refractivity contribution in [2.75, 3.05) is 6.54 Å². The second-order valence-corrected chi connectivity index (χ2v) is 6.46. The number of hydrogen-bond donors (Lipinski definition) is 2. The summed E-state index contributed by atoms with van der Waals surface area (Å²) < 4.78 is 0. The van der Waals surface area contributed by atoms with Gasteiger partial charge < -0.3 is 10.2 Å². The number of fused-ring (bicyclic) bond motifs is 3. The molecule has 4 rings (SSSR count). The van der Waals surface area contributed by atoms with Crippen LogP contribution in [0.1, 0.15) is 35.4 Å². The monoisotopic (exact) mass is 375 g/mol. The average Bonchev–Trinajstić information content (AvgIpc) is 2.95. The van der Waals surface area contributed by atoms with E-state index >= 15 is 0 Å². The summed E-state index contributed by atoms with van der Waals surface area (Å²) in [6.07, 6.45) is 3.04. The van der Waals surface area contributed by atoms with Crippen LogP contribution in [0.5, 0.6) is 11.5 Å². The molecule has 2 aromatic rings. The fourth-order valence-electron chi connectivity index (χ4n) is 4.22. The van der Waals surface area contributed by atoms with Crippen LogP contribution in [0.3, 0.4) is 0 Å². The van der Waals surface area contributed by atoms with Crippen molar-refractivity contribution >= 4 is 17.0 Å². The molecule has 23 heavy (non-hydrogen) atoms. The quantitative estimate of drug-likeness (QED) is 0.780. The first-order valence-electron chi connectivity index (χ1n) is 8.05. The van der Waals surface area contributed by atoms with Crippen LogP contribution < -0.4 is 0 Å². The molecule has 0 amide bonds. The predicted molar refractivity (Wildman–Crippen MR) is 96.4 cm³/mol. The molecule has 0 saturated carbocycles. The highest BCUT2D eigenvalue weighted by atomic mass is 79.9. The zero-order valence-corrected chi connectivity index (χ0v) is 14.7. The van der Waals surface area contributed by atoms with Crippen molar-refractivity contribution in [3.8, 4) is 11.5 Å². The van der Waals surface area contributed by atoms with E-state index in [-0.39, 0.29) is 28.5 Å². The molecule has 2 aromatic carbocycles. The molecule has 122 valence electrons. The van der Waals surface area contributed by atoms with Crippen LogP contribution in [0.25, 0.3) is 0 Å². The van der Waals surface area contributed by atoms with Gasteiger partial charge in [-0.1, -0.05) is 36.4 Å². The van der Waals surface area contributed by atoms with E-state index < -0.39 is 0 Å². The smallest absolute Gasteiger partial charge is 0.160 e. The van der Waals surface area contributed by atoms with Crippen LogP contribution in [-0.4, -0.2) is 27.7 Å². The number of benzene rings is 2. The van der Waals surface area contributed by atoms with Gasteiger partial charge in [-0.25, -0.2) is 0 Å². The second-order valence-electron chi connectivity index (χ2n) is 6.46. The van der Waals surface area contributed by atoms with Gasteiger partial charge in [-0.3, -0.25) is 4.90 Å². The lowest BCUT2D eigenvalue weighted by Gasteiger charge is -2.33. The van der Waals surface area contributed by atoms with E-state index in [9.17, 15) is 10.2 Å². The van der Waals surface area contributed by atoms with E-state index in [4.69, 9.17) is 0 Å². The highest BCUT2D eigenvalue weighted by Gasteiger charge is 2.39. The molecule has 2 N–H and O–H groups in total. The summed E-state index contributed by atoms with van der Waals surface area (Å²) in [5.41, 5.74) is 3.56. The van der Waals surface area contributed by atoms with Crippen LogP contribution in [0.15, 0.2) is 42.5 Å². The minimum absolute atomic E-state index is 0. The van der Waals surface area contributed by atoms with Gasteiger partial charge in [0.05, 0.1) is 0 Å². The summed E-state index contributed by atoms with van der Waals surface area (Å²) >= 11 is 0. The Balaban J connectivity index is 0.00000156. The zero-order valence-electron chi connectivity index (χ0n) is 13.0. The van der Waals surface area contributed by atoms with Gasteiger partial charge in [-0.2, -0.15) is 0 Å². The number of rotatable bonds is 2. The first-order chi connectivity index (χ1) is 10.7. The molecule has 1 heterocycles. The van der Waals surface area contributed by atoms with Gasteiger partial charge in [0.1, 0.15) is 0 Å². The largest absolute Gasteiger partial charge is 0.504 e. The molecule has 0 unspecified atom stereocenters. The Morgan fingerprint density at radius 2 is 1.78 bits per heavy atom. The van der Waals surface area contributed by atoms with Crippen molar-refractivity contribution in [3.63, 3.8) is 0 Å². The van der Waals surface area contributed by atoms with Crippen LogP contribution in [0, 0.1) is 0 Å². The summed E-state index contributed by atoms with van der Waals surface area (Å²) in [4.78, 5) is 2.58. The van der Waals surface area contributed by atoms with E-state index in [0.717, 1.165) is 37.9 Å². The maximum atomic E-state index is 10.1. The van der Waals surface area contributed by atoms with E-state index in [1.54, 1.807) is 6.07 Å². The Bertz CT molecular complexity index is 689. The molecule has 0 radical (unpaired) electrons. The van der Waals surface area contributed by atoms with Crippen molar-refractivity contribution in [2.24, 2.45) is 0 Å². The van der Waals surface area contributed by atoms with E-state index in [1.165, 1.54) is 11.1 Å². The topological polar surface area (TPSA) is 43.7 Å². The molecule has 0 bridgehead atoms. The molecule has 1 aliphatic carbocycles. The normalized spacial score (nSPS) is 23.0. The van der Waals surface area contributed by atoms with E-state index in [2.05, 4.69) is 35.2 Å². The third-order valence-corrected chi connectivity index (χ3v) is 5.28. The molecule has 0 aromatic heterocycles. The summed E-state index contributed by atoms with van der Waals surface area (Å²) in [5, 5.41) is 19.8. The van der Waals surface area contributed by atoms with Crippen molar-refractivity contribution < 1.29 is 10.2 Å². The first-order valence-corrected chi connectivity index (χ1v) is 8.05. The molecule has 2 atom stereocenters. The number of aromatic hydroxyl groups is 2. The van der Waals surface area contributed by atoms with E-state index in [1.807, 2.05) is 6.07 Å². The molecular weight excluding hydrogens is 354 g/mol. The third-order valence-electron chi connectivity index (χ3n) is 5.28.